The van der Waals surface area contributed by atoms with Crippen LogP contribution in [0.2, 0.25) is 0 Å². The number of nitrogens with zero attached hydrogens (tertiary/aromatic N) is 2. The van der Waals surface area contributed by atoms with Crippen LogP contribution in [0.3, 0.4) is 0 Å². The van der Waals surface area contributed by atoms with Gasteiger partial charge < -0.3 is 5.32 Å². The van der Waals surface area contributed by atoms with Crippen molar-refractivity contribution < 1.29 is 0 Å². The van der Waals surface area contributed by atoms with Crippen molar-refractivity contribution in [2.75, 3.05) is 19.6 Å². The topological polar surface area (TPSA) is 28.2 Å². The first-order valence-corrected chi connectivity index (χ1v) is 8.30. The zero-order chi connectivity index (χ0) is 14.3. The Balaban J connectivity index is 2.81. The molecule has 3 nitrogen and oxygen atoms in total. The number of likely N-dealkylation sites (N-methyl/N-ethyl adjacent to an activating group) is 1. The number of aromatic nitrogens is 1. The maximum atomic E-state index is 4.45. The van der Waals surface area contributed by atoms with Gasteiger partial charge in [0, 0.05) is 29.6 Å². The van der Waals surface area contributed by atoms with Gasteiger partial charge in [-0.15, -0.1) is 11.3 Å². The average Bonchev–Trinajstić information content (AvgIpc) is 2.88. The number of thiazole rings is 1. The Hall–Kier alpha value is -0.450. The van der Waals surface area contributed by atoms with E-state index in [0.29, 0.717) is 6.04 Å². The third kappa shape index (κ3) is 4.55. The summed E-state index contributed by atoms with van der Waals surface area (Å²) in [6.45, 7) is 14.6. The van der Waals surface area contributed by atoms with Gasteiger partial charge in [0.15, 0.2) is 0 Å². The van der Waals surface area contributed by atoms with Gasteiger partial charge in [-0.25, -0.2) is 4.98 Å². The molecule has 0 spiro atoms. The lowest BCUT2D eigenvalue weighted by atomic mass is 9.89. The van der Waals surface area contributed by atoms with Crippen molar-refractivity contribution in [2.45, 2.75) is 59.0 Å². The quantitative estimate of drug-likeness (QED) is 0.754. The van der Waals surface area contributed by atoms with Crippen LogP contribution in [0, 0.1) is 0 Å². The standard InChI is InChI=1S/C15H29N3S/c1-6-9-16-13(12-14-17-10-11-19-14)15(4,5)18(7-2)8-3/h10-11,13,16H,6-9,12H2,1-5H3. The lowest BCUT2D eigenvalue weighted by molar-refractivity contribution is 0.0911. The van der Waals surface area contributed by atoms with E-state index in [4.69, 9.17) is 0 Å². The molecule has 0 aliphatic carbocycles. The average molecular weight is 283 g/mol. The summed E-state index contributed by atoms with van der Waals surface area (Å²) in [5.74, 6) is 0. The molecule has 0 aliphatic rings. The van der Waals surface area contributed by atoms with Crippen molar-refractivity contribution in [1.29, 1.82) is 0 Å². The zero-order valence-corrected chi connectivity index (χ0v) is 13.9. The van der Waals surface area contributed by atoms with Crippen LogP contribution in [0.25, 0.3) is 0 Å². The molecular weight excluding hydrogens is 254 g/mol. The van der Waals surface area contributed by atoms with Crippen molar-refractivity contribution in [3.8, 4) is 0 Å². The summed E-state index contributed by atoms with van der Waals surface area (Å²) in [6.07, 6.45) is 4.09. The summed E-state index contributed by atoms with van der Waals surface area (Å²) >= 11 is 1.76. The van der Waals surface area contributed by atoms with Crippen LogP contribution < -0.4 is 5.32 Å². The number of hydrogen-bond donors (Lipinski definition) is 1. The van der Waals surface area contributed by atoms with Crippen molar-refractivity contribution in [3.63, 3.8) is 0 Å². The van der Waals surface area contributed by atoms with Gasteiger partial charge in [0.1, 0.15) is 0 Å². The van der Waals surface area contributed by atoms with Crippen LogP contribution in [0.5, 0.6) is 0 Å². The Kier molecular flexibility index (Phi) is 6.97. The van der Waals surface area contributed by atoms with Gasteiger partial charge >= 0.3 is 0 Å². The summed E-state index contributed by atoms with van der Waals surface area (Å²) in [6, 6.07) is 0.443. The van der Waals surface area contributed by atoms with Crippen LogP contribution in [0.4, 0.5) is 0 Å². The van der Waals surface area contributed by atoms with Crippen molar-refractivity contribution in [1.82, 2.24) is 15.2 Å². The molecule has 1 aromatic heterocycles. The third-order valence-electron chi connectivity index (χ3n) is 3.93. The molecule has 0 aliphatic heterocycles. The summed E-state index contributed by atoms with van der Waals surface area (Å²) in [7, 11) is 0. The van der Waals surface area contributed by atoms with Gasteiger partial charge in [-0.3, -0.25) is 4.90 Å². The normalized spacial score (nSPS) is 14.0. The van der Waals surface area contributed by atoms with E-state index < -0.39 is 0 Å². The fraction of sp³-hybridized carbons (Fsp3) is 0.800. The van der Waals surface area contributed by atoms with E-state index in [1.807, 2.05) is 6.20 Å². The Labute approximate surface area is 122 Å². The molecule has 0 fully saturated rings. The van der Waals surface area contributed by atoms with E-state index in [-0.39, 0.29) is 5.54 Å². The second-order valence-corrected chi connectivity index (χ2v) is 6.44. The highest BCUT2D eigenvalue weighted by Crippen LogP contribution is 2.22. The van der Waals surface area contributed by atoms with E-state index in [9.17, 15) is 0 Å². The predicted molar refractivity (Wildman–Crippen MR) is 84.9 cm³/mol. The second kappa shape index (κ2) is 7.98. The summed E-state index contributed by atoms with van der Waals surface area (Å²) in [5, 5.41) is 7.02. The van der Waals surface area contributed by atoms with Gasteiger partial charge in [-0.1, -0.05) is 20.8 Å². The summed E-state index contributed by atoms with van der Waals surface area (Å²) in [4.78, 5) is 6.98. The van der Waals surface area contributed by atoms with Gasteiger partial charge in [0.2, 0.25) is 0 Å². The van der Waals surface area contributed by atoms with E-state index in [0.717, 1.165) is 26.1 Å². The molecule has 0 aromatic carbocycles. The van der Waals surface area contributed by atoms with Gasteiger partial charge in [0.05, 0.1) is 5.01 Å². The highest BCUT2D eigenvalue weighted by Gasteiger charge is 2.34. The molecule has 1 unspecified atom stereocenters. The van der Waals surface area contributed by atoms with Gasteiger partial charge in [-0.2, -0.15) is 0 Å². The Morgan fingerprint density at radius 2 is 2.00 bits per heavy atom. The first-order chi connectivity index (χ1) is 9.06. The van der Waals surface area contributed by atoms with Crippen molar-refractivity contribution in [2.24, 2.45) is 0 Å². The van der Waals surface area contributed by atoms with E-state index in [1.165, 1.54) is 11.4 Å². The smallest absolute Gasteiger partial charge is 0.0941 e. The van der Waals surface area contributed by atoms with Crippen LogP contribution >= 0.6 is 11.3 Å². The monoisotopic (exact) mass is 283 g/mol. The number of hydrogen-bond acceptors (Lipinski definition) is 4. The minimum absolute atomic E-state index is 0.143. The molecule has 1 heterocycles. The minimum Gasteiger partial charge on any atom is -0.312 e. The summed E-state index contributed by atoms with van der Waals surface area (Å²) in [5.41, 5.74) is 0.143. The molecule has 0 saturated heterocycles. The highest BCUT2D eigenvalue weighted by atomic mass is 32.1. The Morgan fingerprint density at radius 1 is 1.32 bits per heavy atom. The van der Waals surface area contributed by atoms with E-state index in [2.05, 4.69) is 55.2 Å². The molecule has 0 amide bonds. The fourth-order valence-corrected chi connectivity index (χ4v) is 3.34. The largest absolute Gasteiger partial charge is 0.312 e. The molecule has 1 N–H and O–H groups in total. The SMILES string of the molecule is CCCNC(Cc1nccs1)C(C)(C)N(CC)CC. The Bertz CT molecular complexity index is 331. The van der Waals surface area contributed by atoms with Crippen LogP contribution in [0.15, 0.2) is 11.6 Å². The molecule has 0 saturated carbocycles. The molecule has 4 heteroatoms. The third-order valence-corrected chi connectivity index (χ3v) is 4.74. The Morgan fingerprint density at radius 3 is 2.47 bits per heavy atom. The van der Waals surface area contributed by atoms with E-state index in [1.54, 1.807) is 11.3 Å². The maximum absolute atomic E-state index is 4.45. The molecule has 1 atom stereocenters. The lowest BCUT2D eigenvalue weighted by Crippen LogP contribution is -2.58. The van der Waals surface area contributed by atoms with Crippen LogP contribution in [0.1, 0.15) is 46.0 Å². The molecule has 19 heavy (non-hydrogen) atoms. The molecule has 110 valence electrons. The lowest BCUT2D eigenvalue weighted by Gasteiger charge is -2.43. The zero-order valence-electron chi connectivity index (χ0n) is 13.1. The minimum atomic E-state index is 0.143. The first kappa shape index (κ1) is 16.6. The van der Waals surface area contributed by atoms with Crippen molar-refractivity contribution >= 4 is 11.3 Å². The molecule has 1 rings (SSSR count). The molecular formula is C15H29N3S. The number of rotatable bonds is 9. The highest BCUT2D eigenvalue weighted by molar-refractivity contribution is 7.09. The van der Waals surface area contributed by atoms with Crippen LogP contribution in [-0.4, -0.2) is 41.1 Å². The second-order valence-electron chi connectivity index (χ2n) is 5.46. The predicted octanol–water partition coefficient (Wildman–Crippen LogP) is 3.17. The first-order valence-electron chi connectivity index (χ1n) is 7.43. The fourth-order valence-electron chi connectivity index (χ4n) is 2.68. The molecule has 0 radical (unpaired) electrons. The molecule has 0 bridgehead atoms. The molecule has 1 aromatic rings. The van der Waals surface area contributed by atoms with Crippen molar-refractivity contribution in [3.05, 3.63) is 16.6 Å². The van der Waals surface area contributed by atoms with Gasteiger partial charge in [-0.05, 0) is 39.9 Å². The summed E-state index contributed by atoms with van der Waals surface area (Å²) < 4.78 is 0. The number of nitrogens with one attached hydrogen (secondary N) is 1. The van der Waals surface area contributed by atoms with E-state index >= 15 is 0 Å². The maximum Gasteiger partial charge on any atom is 0.0941 e. The van der Waals surface area contributed by atoms with Gasteiger partial charge in [0.25, 0.3) is 0 Å². The van der Waals surface area contributed by atoms with Crippen LogP contribution in [-0.2, 0) is 6.42 Å².